The van der Waals surface area contributed by atoms with E-state index in [2.05, 4.69) is 10.1 Å². The number of primary amides is 1. The quantitative estimate of drug-likeness (QED) is 0.733. The number of benzene rings is 1. The van der Waals surface area contributed by atoms with Gasteiger partial charge in [-0.15, -0.1) is 0 Å². The number of methoxy groups -OCH3 is 1. The van der Waals surface area contributed by atoms with E-state index in [-0.39, 0.29) is 12.1 Å². The minimum Gasteiger partial charge on any atom is -0.468 e. The second-order valence-corrected chi connectivity index (χ2v) is 2.99. The Hall–Kier alpha value is -2.11. The molecule has 0 spiro atoms. The first kappa shape index (κ1) is 12.0. The van der Waals surface area contributed by atoms with E-state index in [4.69, 9.17) is 5.73 Å². The highest BCUT2D eigenvalue weighted by atomic mass is 19.1. The van der Waals surface area contributed by atoms with Gasteiger partial charge in [0.1, 0.15) is 12.4 Å². The van der Waals surface area contributed by atoms with Gasteiger partial charge >= 0.3 is 5.97 Å². The monoisotopic (exact) mass is 226 g/mol. The summed E-state index contributed by atoms with van der Waals surface area (Å²) in [5.74, 6) is -2.03. The number of ether oxygens (including phenoxy) is 1. The standard InChI is InChI=1S/C10H11FN2O3/c1-16-9(14)5-13-6-2-3-8(11)7(4-6)10(12)15/h2-4,13H,5H2,1H3,(H2,12,15). The molecule has 1 aromatic carbocycles. The Morgan fingerprint density at radius 3 is 2.75 bits per heavy atom. The van der Waals surface area contributed by atoms with E-state index in [0.717, 1.165) is 6.07 Å². The van der Waals surface area contributed by atoms with Crippen LogP contribution in [0.25, 0.3) is 0 Å². The first-order chi connectivity index (χ1) is 7.54. The normalized spacial score (nSPS) is 9.62. The molecule has 3 N–H and O–H groups in total. The van der Waals surface area contributed by atoms with Crippen LogP contribution in [0.2, 0.25) is 0 Å². The molecule has 0 saturated carbocycles. The molecular formula is C10H11FN2O3. The van der Waals surface area contributed by atoms with Crippen molar-refractivity contribution in [3.8, 4) is 0 Å². The molecule has 0 bridgehead atoms. The number of hydrogen-bond donors (Lipinski definition) is 2. The van der Waals surface area contributed by atoms with Gasteiger partial charge in [0, 0.05) is 5.69 Å². The number of nitrogens with one attached hydrogen (secondary N) is 1. The van der Waals surface area contributed by atoms with E-state index < -0.39 is 17.7 Å². The Morgan fingerprint density at radius 2 is 2.19 bits per heavy atom. The first-order valence-corrected chi connectivity index (χ1v) is 4.44. The molecule has 0 heterocycles. The molecule has 16 heavy (non-hydrogen) atoms. The van der Waals surface area contributed by atoms with Crippen molar-refractivity contribution in [3.63, 3.8) is 0 Å². The van der Waals surface area contributed by atoms with Gasteiger partial charge in [0.05, 0.1) is 12.7 Å². The van der Waals surface area contributed by atoms with Crippen LogP contribution in [0.15, 0.2) is 18.2 Å². The Morgan fingerprint density at radius 1 is 1.50 bits per heavy atom. The third kappa shape index (κ3) is 2.94. The van der Waals surface area contributed by atoms with Crippen LogP contribution in [0.5, 0.6) is 0 Å². The van der Waals surface area contributed by atoms with Crippen LogP contribution in [0, 0.1) is 5.82 Å². The number of esters is 1. The fraction of sp³-hybridized carbons (Fsp3) is 0.200. The van der Waals surface area contributed by atoms with Crippen molar-refractivity contribution in [1.82, 2.24) is 0 Å². The number of carbonyl (C=O) groups excluding carboxylic acids is 2. The molecule has 0 atom stereocenters. The van der Waals surface area contributed by atoms with Crippen molar-refractivity contribution >= 4 is 17.6 Å². The lowest BCUT2D eigenvalue weighted by atomic mass is 10.2. The molecule has 0 aromatic heterocycles. The van der Waals surface area contributed by atoms with Crippen LogP contribution in [0.4, 0.5) is 10.1 Å². The zero-order chi connectivity index (χ0) is 12.1. The fourth-order valence-electron chi connectivity index (χ4n) is 1.07. The van der Waals surface area contributed by atoms with Gasteiger partial charge in [-0.05, 0) is 18.2 Å². The van der Waals surface area contributed by atoms with E-state index in [1.54, 1.807) is 0 Å². The molecule has 6 heteroatoms. The summed E-state index contributed by atoms with van der Waals surface area (Å²) in [6.45, 7) is -0.0691. The molecule has 0 fully saturated rings. The van der Waals surface area contributed by atoms with E-state index in [0.29, 0.717) is 5.69 Å². The number of nitrogens with two attached hydrogens (primary N) is 1. The van der Waals surface area contributed by atoms with Gasteiger partial charge in [-0.25, -0.2) is 4.39 Å². The van der Waals surface area contributed by atoms with Gasteiger partial charge in [-0.2, -0.15) is 0 Å². The van der Waals surface area contributed by atoms with Gasteiger partial charge in [-0.1, -0.05) is 0 Å². The number of hydrogen-bond acceptors (Lipinski definition) is 4. The summed E-state index contributed by atoms with van der Waals surface area (Å²) in [5.41, 5.74) is 5.16. The molecule has 0 aliphatic heterocycles. The predicted molar refractivity (Wildman–Crippen MR) is 55.4 cm³/mol. The van der Waals surface area contributed by atoms with E-state index in [9.17, 15) is 14.0 Å². The number of anilines is 1. The van der Waals surface area contributed by atoms with E-state index in [1.165, 1.54) is 19.2 Å². The molecule has 0 aliphatic carbocycles. The lowest BCUT2D eigenvalue weighted by Crippen LogP contribution is -2.17. The average Bonchev–Trinajstić information content (AvgIpc) is 2.27. The van der Waals surface area contributed by atoms with Crippen molar-refractivity contribution < 1.29 is 18.7 Å². The summed E-state index contributed by atoms with van der Waals surface area (Å²) >= 11 is 0. The fourth-order valence-corrected chi connectivity index (χ4v) is 1.07. The van der Waals surface area contributed by atoms with Crippen LogP contribution in [-0.4, -0.2) is 25.5 Å². The van der Waals surface area contributed by atoms with Gasteiger partial charge in [0.25, 0.3) is 5.91 Å². The lowest BCUT2D eigenvalue weighted by molar-refractivity contribution is -0.138. The van der Waals surface area contributed by atoms with Crippen LogP contribution in [0.3, 0.4) is 0 Å². The highest BCUT2D eigenvalue weighted by molar-refractivity contribution is 5.94. The molecule has 1 aromatic rings. The second-order valence-electron chi connectivity index (χ2n) is 2.99. The van der Waals surface area contributed by atoms with Crippen LogP contribution < -0.4 is 11.1 Å². The molecule has 1 amide bonds. The van der Waals surface area contributed by atoms with Gasteiger partial charge < -0.3 is 15.8 Å². The maximum Gasteiger partial charge on any atom is 0.325 e. The Bertz CT molecular complexity index is 421. The van der Waals surface area contributed by atoms with Crippen molar-refractivity contribution in [1.29, 1.82) is 0 Å². The molecule has 0 aliphatic rings. The predicted octanol–water partition coefficient (Wildman–Crippen LogP) is 0.510. The maximum atomic E-state index is 13.1. The van der Waals surface area contributed by atoms with Gasteiger partial charge in [0.15, 0.2) is 0 Å². The number of halogens is 1. The van der Waals surface area contributed by atoms with Crippen molar-refractivity contribution in [2.24, 2.45) is 5.73 Å². The third-order valence-electron chi connectivity index (χ3n) is 1.90. The van der Waals surface area contributed by atoms with Gasteiger partial charge in [0.2, 0.25) is 0 Å². The summed E-state index contributed by atoms with van der Waals surface area (Å²) in [4.78, 5) is 21.7. The first-order valence-electron chi connectivity index (χ1n) is 4.44. The minimum absolute atomic E-state index is 0.0691. The molecule has 86 valence electrons. The van der Waals surface area contributed by atoms with Crippen LogP contribution in [-0.2, 0) is 9.53 Å². The second kappa shape index (κ2) is 5.11. The lowest BCUT2D eigenvalue weighted by Gasteiger charge is -2.06. The van der Waals surface area contributed by atoms with Crippen LogP contribution in [0.1, 0.15) is 10.4 Å². The molecular weight excluding hydrogens is 215 g/mol. The van der Waals surface area contributed by atoms with Crippen LogP contribution >= 0.6 is 0 Å². The summed E-state index contributed by atoms with van der Waals surface area (Å²) in [5, 5.41) is 2.67. The summed E-state index contributed by atoms with van der Waals surface area (Å²) in [6, 6.07) is 3.73. The molecule has 0 unspecified atom stereocenters. The minimum atomic E-state index is -0.862. The summed E-state index contributed by atoms with van der Waals surface area (Å²) < 4.78 is 17.5. The number of carbonyl (C=O) groups is 2. The van der Waals surface area contributed by atoms with Crippen molar-refractivity contribution in [3.05, 3.63) is 29.6 Å². The topological polar surface area (TPSA) is 81.4 Å². The zero-order valence-corrected chi connectivity index (χ0v) is 8.62. The highest BCUT2D eigenvalue weighted by Gasteiger charge is 2.09. The highest BCUT2D eigenvalue weighted by Crippen LogP contribution is 2.13. The van der Waals surface area contributed by atoms with E-state index >= 15 is 0 Å². The molecule has 5 nitrogen and oxygen atoms in total. The SMILES string of the molecule is COC(=O)CNc1ccc(F)c(C(N)=O)c1. The smallest absolute Gasteiger partial charge is 0.325 e. The van der Waals surface area contributed by atoms with Crippen molar-refractivity contribution in [2.75, 3.05) is 19.0 Å². The molecule has 0 radical (unpaired) electrons. The summed E-state index contributed by atoms with van der Waals surface area (Å²) in [7, 11) is 1.25. The summed E-state index contributed by atoms with van der Waals surface area (Å²) in [6.07, 6.45) is 0. The third-order valence-corrected chi connectivity index (χ3v) is 1.90. The Labute approximate surface area is 91.4 Å². The largest absolute Gasteiger partial charge is 0.468 e. The van der Waals surface area contributed by atoms with E-state index in [1.807, 2.05) is 0 Å². The Kier molecular flexibility index (Phi) is 3.82. The number of rotatable bonds is 4. The Balaban J connectivity index is 2.79. The van der Waals surface area contributed by atoms with Crippen molar-refractivity contribution in [2.45, 2.75) is 0 Å². The average molecular weight is 226 g/mol. The zero-order valence-electron chi connectivity index (χ0n) is 8.62. The van der Waals surface area contributed by atoms with Gasteiger partial charge in [-0.3, -0.25) is 9.59 Å². The number of amides is 1. The molecule has 0 saturated heterocycles. The molecule has 1 rings (SSSR count). The maximum absolute atomic E-state index is 13.1.